The van der Waals surface area contributed by atoms with Gasteiger partial charge in [0.05, 0.1) is 17.5 Å². The Labute approximate surface area is 115 Å². The van der Waals surface area contributed by atoms with Crippen molar-refractivity contribution >= 4 is 29.1 Å². The van der Waals surface area contributed by atoms with Crippen LogP contribution in [0.2, 0.25) is 5.02 Å². The van der Waals surface area contributed by atoms with Crippen LogP contribution in [0.1, 0.15) is 6.42 Å². The molecule has 3 nitrogen and oxygen atoms in total. The molecule has 2 aliphatic carbocycles. The fourth-order valence-electron chi connectivity index (χ4n) is 3.75. The first kappa shape index (κ1) is 11.2. The van der Waals surface area contributed by atoms with E-state index in [-0.39, 0.29) is 35.5 Å². The van der Waals surface area contributed by atoms with Crippen molar-refractivity contribution in [1.29, 1.82) is 0 Å². The average molecular weight is 274 g/mol. The van der Waals surface area contributed by atoms with Gasteiger partial charge in [-0.25, -0.2) is 0 Å². The lowest BCUT2D eigenvalue weighted by Gasteiger charge is -2.17. The van der Waals surface area contributed by atoms with Crippen LogP contribution < -0.4 is 4.90 Å². The Morgan fingerprint density at radius 3 is 2.00 bits per heavy atom. The molecular weight excluding hydrogens is 262 g/mol. The van der Waals surface area contributed by atoms with Gasteiger partial charge in [-0.15, -0.1) is 0 Å². The van der Waals surface area contributed by atoms with Crippen LogP contribution in [0.5, 0.6) is 0 Å². The minimum Gasteiger partial charge on any atom is -0.274 e. The van der Waals surface area contributed by atoms with Gasteiger partial charge in [0.1, 0.15) is 0 Å². The molecule has 4 rings (SSSR count). The number of carbonyl (C=O) groups is 2. The van der Waals surface area contributed by atoms with E-state index in [4.69, 9.17) is 11.6 Å². The summed E-state index contributed by atoms with van der Waals surface area (Å²) in [5.74, 6) is 0.132. The Kier molecular flexibility index (Phi) is 2.19. The fourth-order valence-corrected chi connectivity index (χ4v) is 3.87. The second-order valence-corrected chi connectivity index (χ2v) is 5.92. The van der Waals surface area contributed by atoms with Crippen LogP contribution in [-0.4, -0.2) is 11.8 Å². The van der Waals surface area contributed by atoms with Crippen LogP contribution in [-0.2, 0) is 9.59 Å². The molecule has 0 aromatic heterocycles. The number of hydrogen-bond acceptors (Lipinski definition) is 2. The minimum atomic E-state index is -0.141. The normalized spacial score (nSPS) is 35.3. The van der Waals surface area contributed by atoms with E-state index in [0.717, 1.165) is 6.42 Å². The van der Waals surface area contributed by atoms with E-state index in [1.165, 1.54) is 4.90 Å². The minimum absolute atomic E-state index is 0.0471. The van der Waals surface area contributed by atoms with E-state index < -0.39 is 0 Å². The SMILES string of the molecule is O=C1[C@@H]2[C@H](C(=O)N1c1ccc(Cl)cc1)[C@@H]1C=C[C@@H]2C1. The van der Waals surface area contributed by atoms with Crippen molar-refractivity contribution in [3.05, 3.63) is 41.4 Å². The first-order valence-electron chi connectivity index (χ1n) is 6.48. The van der Waals surface area contributed by atoms with Crippen LogP contribution in [0.4, 0.5) is 5.69 Å². The van der Waals surface area contributed by atoms with Crippen molar-refractivity contribution in [2.24, 2.45) is 23.7 Å². The lowest BCUT2D eigenvalue weighted by Crippen LogP contribution is -2.32. The van der Waals surface area contributed by atoms with Gasteiger partial charge in [-0.2, -0.15) is 0 Å². The molecule has 1 saturated heterocycles. The summed E-state index contributed by atoms with van der Waals surface area (Å²) in [6, 6.07) is 6.87. The van der Waals surface area contributed by atoms with E-state index in [0.29, 0.717) is 10.7 Å². The molecular formula is C15H12ClNO2. The first-order chi connectivity index (χ1) is 9.16. The van der Waals surface area contributed by atoms with Crippen LogP contribution >= 0.6 is 11.6 Å². The summed E-state index contributed by atoms with van der Waals surface area (Å²) in [6.07, 6.45) is 5.16. The van der Waals surface area contributed by atoms with Gasteiger partial charge >= 0.3 is 0 Å². The fraction of sp³-hybridized carbons (Fsp3) is 0.333. The van der Waals surface area contributed by atoms with Gasteiger partial charge in [0.25, 0.3) is 0 Å². The molecule has 19 heavy (non-hydrogen) atoms. The summed E-state index contributed by atoms with van der Waals surface area (Å²) in [6.45, 7) is 0. The van der Waals surface area contributed by atoms with Gasteiger partial charge < -0.3 is 0 Å². The third-order valence-corrected chi connectivity index (χ3v) is 4.81. The van der Waals surface area contributed by atoms with Crippen molar-refractivity contribution in [3.8, 4) is 0 Å². The second-order valence-electron chi connectivity index (χ2n) is 5.49. The van der Waals surface area contributed by atoms with Crippen LogP contribution in [0.3, 0.4) is 0 Å². The molecule has 96 valence electrons. The highest BCUT2D eigenvalue weighted by molar-refractivity contribution is 6.30. The summed E-state index contributed by atoms with van der Waals surface area (Å²) in [5.41, 5.74) is 0.633. The number of imide groups is 1. The summed E-state index contributed by atoms with van der Waals surface area (Å²) >= 11 is 5.84. The number of carbonyl (C=O) groups excluding carboxylic acids is 2. The molecule has 1 aliphatic heterocycles. The molecule has 1 heterocycles. The van der Waals surface area contributed by atoms with Crippen LogP contribution in [0.15, 0.2) is 36.4 Å². The molecule has 2 bridgehead atoms. The van der Waals surface area contributed by atoms with E-state index >= 15 is 0 Å². The molecule has 1 aromatic rings. The zero-order valence-corrected chi connectivity index (χ0v) is 10.9. The molecule has 4 heteroatoms. The predicted molar refractivity (Wildman–Crippen MR) is 71.7 cm³/mol. The van der Waals surface area contributed by atoms with Crippen molar-refractivity contribution in [2.75, 3.05) is 4.90 Å². The second kappa shape index (κ2) is 3.70. The smallest absolute Gasteiger partial charge is 0.238 e. The number of hydrogen-bond donors (Lipinski definition) is 0. The van der Waals surface area contributed by atoms with E-state index in [9.17, 15) is 9.59 Å². The molecule has 3 aliphatic rings. The number of halogens is 1. The third-order valence-electron chi connectivity index (χ3n) is 4.56. The average Bonchev–Trinajstić information content (AvgIpc) is 3.06. The Hall–Kier alpha value is -1.61. The number of amides is 2. The maximum absolute atomic E-state index is 12.5. The largest absolute Gasteiger partial charge is 0.274 e. The van der Waals surface area contributed by atoms with Gasteiger partial charge in [-0.3, -0.25) is 14.5 Å². The number of fused-ring (bicyclic) bond motifs is 5. The maximum atomic E-state index is 12.5. The van der Waals surface area contributed by atoms with E-state index in [1.807, 2.05) is 0 Å². The van der Waals surface area contributed by atoms with Crippen molar-refractivity contribution in [3.63, 3.8) is 0 Å². The Morgan fingerprint density at radius 2 is 1.47 bits per heavy atom. The highest BCUT2D eigenvalue weighted by atomic mass is 35.5. The quantitative estimate of drug-likeness (QED) is 0.583. The number of allylic oxidation sites excluding steroid dienone is 2. The van der Waals surface area contributed by atoms with Gasteiger partial charge in [-0.05, 0) is 42.5 Å². The topological polar surface area (TPSA) is 37.4 Å². The number of rotatable bonds is 1. The van der Waals surface area contributed by atoms with Crippen molar-refractivity contribution in [2.45, 2.75) is 6.42 Å². The van der Waals surface area contributed by atoms with Crippen LogP contribution in [0, 0.1) is 23.7 Å². The molecule has 2 fully saturated rings. The number of benzene rings is 1. The highest BCUT2D eigenvalue weighted by Gasteiger charge is 2.59. The van der Waals surface area contributed by atoms with Gasteiger partial charge in [0.2, 0.25) is 11.8 Å². The lowest BCUT2D eigenvalue weighted by atomic mass is 9.85. The Balaban J connectivity index is 1.74. The van der Waals surface area contributed by atoms with Gasteiger partial charge in [0, 0.05) is 5.02 Å². The third kappa shape index (κ3) is 1.39. The molecule has 0 unspecified atom stereocenters. The van der Waals surface area contributed by atoms with E-state index in [2.05, 4.69) is 12.2 Å². The van der Waals surface area contributed by atoms with Crippen LogP contribution in [0.25, 0.3) is 0 Å². The molecule has 2 amide bonds. The van der Waals surface area contributed by atoms with E-state index in [1.54, 1.807) is 24.3 Å². The van der Waals surface area contributed by atoms with Gasteiger partial charge in [0.15, 0.2) is 0 Å². The maximum Gasteiger partial charge on any atom is 0.238 e. The molecule has 0 spiro atoms. The summed E-state index contributed by atoms with van der Waals surface area (Å²) < 4.78 is 0. The highest BCUT2D eigenvalue weighted by Crippen LogP contribution is 2.53. The van der Waals surface area contributed by atoms with Crippen molar-refractivity contribution in [1.82, 2.24) is 0 Å². The van der Waals surface area contributed by atoms with Crippen molar-refractivity contribution < 1.29 is 9.59 Å². The zero-order valence-electron chi connectivity index (χ0n) is 10.1. The zero-order chi connectivity index (χ0) is 13.1. The lowest BCUT2D eigenvalue weighted by molar-refractivity contribution is -0.123. The predicted octanol–water partition coefficient (Wildman–Crippen LogP) is 2.65. The summed E-state index contributed by atoms with van der Waals surface area (Å²) in [4.78, 5) is 26.4. The summed E-state index contributed by atoms with van der Waals surface area (Å²) in [5, 5.41) is 0.602. The Bertz CT molecular complexity index is 577. The molecule has 0 N–H and O–H groups in total. The first-order valence-corrected chi connectivity index (χ1v) is 6.86. The molecule has 0 radical (unpaired) electrons. The number of anilines is 1. The summed E-state index contributed by atoms with van der Waals surface area (Å²) in [7, 11) is 0. The Morgan fingerprint density at radius 1 is 0.947 bits per heavy atom. The molecule has 1 aromatic carbocycles. The molecule has 1 saturated carbocycles. The standard InChI is InChI=1S/C15H12ClNO2/c16-10-3-5-11(6-4-10)17-14(18)12-8-1-2-9(7-8)13(12)15(17)19/h1-6,8-9,12-13H,7H2/t8-,9-,12-,13+/m1/s1. The number of nitrogens with zero attached hydrogens (tertiary/aromatic N) is 1. The molecule has 4 atom stereocenters. The monoisotopic (exact) mass is 273 g/mol. The van der Waals surface area contributed by atoms with Gasteiger partial charge in [-0.1, -0.05) is 23.8 Å².